The summed E-state index contributed by atoms with van der Waals surface area (Å²) in [6, 6.07) is 1.65. The summed E-state index contributed by atoms with van der Waals surface area (Å²) in [5.74, 6) is 0. The topological polar surface area (TPSA) is 55.4 Å². The fourth-order valence-corrected chi connectivity index (χ4v) is 4.39. The van der Waals surface area contributed by atoms with Gasteiger partial charge in [0.2, 0.25) is 10.0 Å². The summed E-state index contributed by atoms with van der Waals surface area (Å²) in [6.45, 7) is 6.35. The zero-order valence-corrected chi connectivity index (χ0v) is 13.2. The number of thiophene rings is 1. The summed E-state index contributed by atoms with van der Waals surface area (Å²) >= 11 is 4.52. The van der Waals surface area contributed by atoms with E-state index >= 15 is 0 Å². The van der Waals surface area contributed by atoms with Gasteiger partial charge in [0.15, 0.2) is 0 Å². The lowest BCUT2D eigenvalue weighted by Crippen LogP contribution is -2.27. The Morgan fingerprint density at radius 2 is 2.18 bits per heavy atom. The Morgan fingerprint density at radius 1 is 1.53 bits per heavy atom. The molecule has 0 unspecified atom stereocenters. The van der Waals surface area contributed by atoms with Crippen LogP contribution in [0, 0.1) is 6.92 Å². The Balaban J connectivity index is 2.57. The molecule has 1 rings (SSSR count). The van der Waals surface area contributed by atoms with Crippen LogP contribution in [0.25, 0.3) is 0 Å². The lowest BCUT2D eigenvalue weighted by molar-refractivity contribution is 0.0834. The maximum Gasteiger partial charge on any atom is 0.250 e. The van der Waals surface area contributed by atoms with Gasteiger partial charge >= 0.3 is 0 Å². The van der Waals surface area contributed by atoms with Crippen molar-refractivity contribution in [3.63, 3.8) is 0 Å². The monoisotopic (exact) mass is 341 g/mol. The van der Waals surface area contributed by atoms with E-state index in [1.807, 2.05) is 20.8 Å². The van der Waals surface area contributed by atoms with Crippen LogP contribution in [0.4, 0.5) is 0 Å². The molecule has 0 bridgehead atoms. The minimum atomic E-state index is -3.40. The third-order valence-corrected chi connectivity index (χ3v) is 6.02. The molecular weight excluding hydrogens is 326 g/mol. The molecular formula is C10H16BrNO3S2. The Hall–Kier alpha value is 0.0500. The summed E-state index contributed by atoms with van der Waals surface area (Å²) in [4.78, 5) is 0. The molecule has 17 heavy (non-hydrogen) atoms. The van der Waals surface area contributed by atoms with Gasteiger partial charge in [0, 0.05) is 6.54 Å². The van der Waals surface area contributed by atoms with E-state index in [1.165, 1.54) is 11.3 Å². The van der Waals surface area contributed by atoms with Crippen LogP contribution in [0.15, 0.2) is 14.1 Å². The molecule has 1 aromatic rings. The number of ether oxygens (including phenoxy) is 1. The Labute approximate surface area is 115 Å². The second kappa shape index (κ2) is 6.29. The maximum atomic E-state index is 11.9. The molecule has 0 fully saturated rings. The van der Waals surface area contributed by atoms with Crippen molar-refractivity contribution in [2.45, 2.75) is 31.1 Å². The first-order valence-electron chi connectivity index (χ1n) is 5.20. The molecule has 0 amide bonds. The highest BCUT2D eigenvalue weighted by Gasteiger charge is 2.17. The quantitative estimate of drug-likeness (QED) is 0.809. The minimum Gasteiger partial charge on any atom is -0.377 e. The van der Waals surface area contributed by atoms with E-state index < -0.39 is 10.0 Å². The summed E-state index contributed by atoms with van der Waals surface area (Å²) in [5.41, 5.74) is 0.925. The highest BCUT2D eigenvalue weighted by Crippen LogP contribution is 2.30. The molecule has 0 atom stereocenters. The van der Waals surface area contributed by atoms with Crippen LogP contribution in [-0.4, -0.2) is 27.7 Å². The van der Waals surface area contributed by atoms with E-state index in [0.29, 0.717) is 10.8 Å². The maximum absolute atomic E-state index is 11.9. The number of nitrogens with one attached hydrogen (secondary N) is 1. The normalized spacial score (nSPS) is 12.3. The summed E-state index contributed by atoms with van der Waals surface area (Å²) in [5, 5.41) is 0. The summed E-state index contributed by atoms with van der Waals surface area (Å²) in [7, 11) is -3.40. The first-order chi connectivity index (χ1) is 7.83. The first kappa shape index (κ1) is 15.1. The number of halogens is 1. The smallest absolute Gasteiger partial charge is 0.250 e. The Morgan fingerprint density at radius 3 is 2.65 bits per heavy atom. The third-order valence-electron chi connectivity index (χ3n) is 1.94. The molecule has 98 valence electrons. The fraction of sp³-hybridized carbons (Fsp3) is 0.600. The molecule has 1 aromatic heterocycles. The van der Waals surface area contributed by atoms with E-state index in [4.69, 9.17) is 4.74 Å². The van der Waals surface area contributed by atoms with Crippen molar-refractivity contribution >= 4 is 37.3 Å². The highest BCUT2D eigenvalue weighted by atomic mass is 79.9. The molecule has 1 N–H and O–H groups in total. The molecule has 0 aliphatic rings. The second-order valence-electron chi connectivity index (χ2n) is 3.84. The lowest BCUT2D eigenvalue weighted by atomic mass is 10.4. The molecule has 0 saturated heterocycles. The second-order valence-corrected chi connectivity index (χ2v) is 8.20. The number of hydrogen-bond donors (Lipinski definition) is 1. The van der Waals surface area contributed by atoms with Gasteiger partial charge in [-0.05, 0) is 48.3 Å². The van der Waals surface area contributed by atoms with Crippen LogP contribution in [0.2, 0.25) is 0 Å². The van der Waals surface area contributed by atoms with Gasteiger partial charge in [0.1, 0.15) is 4.21 Å². The average Bonchev–Trinajstić information content (AvgIpc) is 2.55. The van der Waals surface area contributed by atoms with E-state index in [1.54, 1.807) is 6.07 Å². The van der Waals surface area contributed by atoms with Crippen LogP contribution in [-0.2, 0) is 14.8 Å². The van der Waals surface area contributed by atoms with E-state index in [-0.39, 0.29) is 12.6 Å². The van der Waals surface area contributed by atoms with Crippen molar-refractivity contribution in [3.05, 3.63) is 15.4 Å². The minimum absolute atomic E-state index is 0.109. The van der Waals surface area contributed by atoms with Crippen molar-refractivity contribution in [1.82, 2.24) is 4.72 Å². The summed E-state index contributed by atoms with van der Waals surface area (Å²) < 4.78 is 32.7. The van der Waals surface area contributed by atoms with Crippen molar-refractivity contribution in [2.75, 3.05) is 13.2 Å². The Bertz CT molecular complexity index is 448. The van der Waals surface area contributed by atoms with Crippen LogP contribution in [0.1, 0.15) is 19.4 Å². The van der Waals surface area contributed by atoms with Crippen molar-refractivity contribution in [3.8, 4) is 0 Å². The zero-order valence-electron chi connectivity index (χ0n) is 9.99. The molecule has 4 nitrogen and oxygen atoms in total. The van der Waals surface area contributed by atoms with Gasteiger partial charge in [0.05, 0.1) is 16.5 Å². The van der Waals surface area contributed by atoms with E-state index in [9.17, 15) is 8.42 Å². The van der Waals surface area contributed by atoms with Gasteiger partial charge in [-0.2, -0.15) is 0 Å². The van der Waals surface area contributed by atoms with Crippen LogP contribution < -0.4 is 4.72 Å². The SMILES string of the molecule is Cc1cc(S(=O)(=O)NCCOC(C)C)sc1Br. The molecule has 0 spiro atoms. The van der Waals surface area contributed by atoms with Gasteiger partial charge in [-0.3, -0.25) is 0 Å². The molecule has 0 aromatic carbocycles. The van der Waals surface area contributed by atoms with Crippen LogP contribution in [0.5, 0.6) is 0 Å². The van der Waals surface area contributed by atoms with E-state index in [0.717, 1.165) is 9.35 Å². The molecule has 1 heterocycles. The fourth-order valence-electron chi connectivity index (χ4n) is 1.11. The standard InChI is InChI=1S/C10H16BrNO3S2/c1-7(2)15-5-4-12-17(13,14)9-6-8(3)10(11)16-9/h6-7,12H,4-5H2,1-3H3. The number of sulfonamides is 1. The van der Waals surface area contributed by atoms with E-state index in [2.05, 4.69) is 20.7 Å². The zero-order chi connectivity index (χ0) is 13.1. The predicted molar refractivity (Wildman–Crippen MR) is 73.0 cm³/mol. The van der Waals surface area contributed by atoms with Crippen molar-refractivity contribution in [2.24, 2.45) is 0 Å². The highest BCUT2D eigenvalue weighted by molar-refractivity contribution is 9.11. The molecule has 0 radical (unpaired) electrons. The number of hydrogen-bond acceptors (Lipinski definition) is 4. The molecule has 7 heteroatoms. The number of aryl methyl sites for hydroxylation is 1. The molecule has 0 saturated carbocycles. The molecule has 0 aliphatic heterocycles. The van der Waals surface area contributed by atoms with Gasteiger partial charge in [-0.25, -0.2) is 13.1 Å². The van der Waals surface area contributed by atoms with Crippen molar-refractivity contribution in [1.29, 1.82) is 0 Å². The van der Waals surface area contributed by atoms with Gasteiger partial charge in [0.25, 0.3) is 0 Å². The first-order valence-corrected chi connectivity index (χ1v) is 8.29. The van der Waals surface area contributed by atoms with Crippen molar-refractivity contribution < 1.29 is 13.2 Å². The number of rotatable bonds is 6. The average molecular weight is 342 g/mol. The largest absolute Gasteiger partial charge is 0.377 e. The molecule has 0 aliphatic carbocycles. The van der Waals surface area contributed by atoms with Gasteiger partial charge in [-0.1, -0.05) is 0 Å². The van der Waals surface area contributed by atoms with Gasteiger partial charge < -0.3 is 4.74 Å². The van der Waals surface area contributed by atoms with Gasteiger partial charge in [-0.15, -0.1) is 11.3 Å². The lowest BCUT2D eigenvalue weighted by Gasteiger charge is -2.08. The Kier molecular flexibility index (Phi) is 5.59. The predicted octanol–water partition coefficient (Wildman–Crippen LogP) is 2.52. The van der Waals surface area contributed by atoms with Crippen LogP contribution in [0.3, 0.4) is 0 Å². The van der Waals surface area contributed by atoms with Crippen LogP contribution >= 0.6 is 27.3 Å². The third kappa shape index (κ3) is 4.67. The summed E-state index contributed by atoms with van der Waals surface area (Å²) in [6.07, 6.45) is 0.109.